The van der Waals surface area contributed by atoms with E-state index in [1.807, 2.05) is 0 Å². The second-order valence-electron chi connectivity index (χ2n) is 2.51. The summed E-state index contributed by atoms with van der Waals surface area (Å²) in [6.07, 6.45) is 4.56. The molecule has 1 aliphatic heterocycles. The van der Waals surface area contributed by atoms with Crippen molar-refractivity contribution in [2.75, 3.05) is 0 Å². The van der Waals surface area contributed by atoms with Crippen molar-refractivity contribution in [2.45, 2.75) is 31.7 Å². The number of rotatable bonds is 2. The molecular formula is C7H10NO2. The van der Waals surface area contributed by atoms with Gasteiger partial charge in [-0.1, -0.05) is 0 Å². The Balaban J connectivity index is 2.31. The van der Waals surface area contributed by atoms with Gasteiger partial charge in [-0.15, -0.1) is 0 Å². The van der Waals surface area contributed by atoms with E-state index < -0.39 is 0 Å². The van der Waals surface area contributed by atoms with E-state index in [0.29, 0.717) is 12.8 Å². The average Bonchev–Trinajstić information content (AvgIpc) is 1.88. The molecule has 0 saturated carbocycles. The lowest BCUT2D eigenvalue weighted by Crippen LogP contribution is -2.38. The van der Waals surface area contributed by atoms with E-state index >= 15 is 0 Å². The largest absolute Gasteiger partial charge is 0.353 e. The fourth-order valence-electron chi connectivity index (χ4n) is 1.13. The van der Waals surface area contributed by atoms with E-state index in [0.717, 1.165) is 12.8 Å². The number of carbonyl (C=O) groups excluding carboxylic acids is 2. The molecule has 1 radical (unpaired) electrons. The third-order valence-corrected chi connectivity index (χ3v) is 1.65. The zero-order valence-corrected chi connectivity index (χ0v) is 5.72. The average molecular weight is 140 g/mol. The van der Waals surface area contributed by atoms with Gasteiger partial charge in [0.1, 0.15) is 0 Å². The summed E-state index contributed by atoms with van der Waals surface area (Å²) in [5, 5.41) is 2.72. The van der Waals surface area contributed by atoms with Crippen LogP contribution >= 0.6 is 0 Å². The lowest BCUT2D eigenvalue weighted by molar-refractivity contribution is -0.123. The monoisotopic (exact) mass is 140 g/mol. The first-order valence-electron chi connectivity index (χ1n) is 3.47. The van der Waals surface area contributed by atoms with Gasteiger partial charge in [0.2, 0.25) is 12.2 Å². The first kappa shape index (κ1) is 7.25. The van der Waals surface area contributed by atoms with Crippen molar-refractivity contribution in [3.63, 3.8) is 0 Å². The van der Waals surface area contributed by atoms with Crippen LogP contribution in [0.4, 0.5) is 0 Å². The van der Waals surface area contributed by atoms with Crippen LogP contribution in [0, 0.1) is 0 Å². The molecule has 0 aliphatic carbocycles. The molecule has 0 aromatic heterocycles. The van der Waals surface area contributed by atoms with Crippen LogP contribution in [0.3, 0.4) is 0 Å². The first-order valence-corrected chi connectivity index (χ1v) is 3.47. The first-order chi connectivity index (χ1) is 4.83. The second-order valence-corrected chi connectivity index (χ2v) is 2.51. The molecule has 1 aliphatic rings. The fourth-order valence-corrected chi connectivity index (χ4v) is 1.13. The number of hydrogen-bond acceptors (Lipinski definition) is 2. The molecule has 10 heavy (non-hydrogen) atoms. The van der Waals surface area contributed by atoms with E-state index in [9.17, 15) is 9.59 Å². The zero-order chi connectivity index (χ0) is 7.40. The Kier molecular flexibility index (Phi) is 2.42. The van der Waals surface area contributed by atoms with Gasteiger partial charge < -0.3 is 5.32 Å². The van der Waals surface area contributed by atoms with Crippen LogP contribution in [-0.4, -0.2) is 18.2 Å². The van der Waals surface area contributed by atoms with Crippen LogP contribution in [0.5, 0.6) is 0 Å². The van der Waals surface area contributed by atoms with Crippen LogP contribution in [0.2, 0.25) is 0 Å². The maximum atomic E-state index is 10.7. The van der Waals surface area contributed by atoms with Crippen molar-refractivity contribution in [2.24, 2.45) is 0 Å². The smallest absolute Gasteiger partial charge is 0.220 e. The van der Waals surface area contributed by atoms with Gasteiger partial charge in [-0.25, -0.2) is 0 Å². The number of nitrogens with one attached hydrogen (secondary N) is 1. The summed E-state index contributed by atoms with van der Waals surface area (Å²) in [6, 6.07) is 0.0544. The summed E-state index contributed by atoms with van der Waals surface area (Å²) in [5.41, 5.74) is 0. The minimum Gasteiger partial charge on any atom is -0.353 e. The van der Waals surface area contributed by atoms with Crippen molar-refractivity contribution < 1.29 is 9.59 Å². The van der Waals surface area contributed by atoms with Crippen molar-refractivity contribution >= 4 is 12.2 Å². The molecule has 1 N–H and O–H groups in total. The SMILES string of the molecule is O=[C]C[C@H]1CCCC(=O)N1. The highest BCUT2D eigenvalue weighted by Gasteiger charge is 2.16. The van der Waals surface area contributed by atoms with Gasteiger partial charge in [0.15, 0.2) is 0 Å². The summed E-state index contributed by atoms with van der Waals surface area (Å²) in [6.45, 7) is 0. The highest BCUT2D eigenvalue weighted by Crippen LogP contribution is 2.09. The summed E-state index contributed by atoms with van der Waals surface area (Å²) >= 11 is 0. The molecule has 1 amide bonds. The number of amides is 1. The van der Waals surface area contributed by atoms with Gasteiger partial charge in [-0.3, -0.25) is 9.59 Å². The number of carbonyl (C=O) groups is 1. The van der Waals surface area contributed by atoms with Crippen molar-refractivity contribution in [1.29, 1.82) is 0 Å². The van der Waals surface area contributed by atoms with Crippen molar-refractivity contribution in [3.8, 4) is 0 Å². The Hall–Kier alpha value is -0.860. The molecule has 1 saturated heterocycles. The summed E-state index contributed by atoms with van der Waals surface area (Å²) in [7, 11) is 0. The molecule has 3 heteroatoms. The van der Waals surface area contributed by atoms with Gasteiger partial charge in [0, 0.05) is 18.9 Å². The van der Waals surface area contributed by atoms with Crippen LogP contribution < -0.4 is 5.32 Å². The predicted molar refractivity (Wildman–Crippen MR) is 36.1 cm³/mol. The third kappa shape index (κ3) is 1.83. The quantitative estimate of drug-likeness (QED) is 0.593. The molecule has 0 aromatic rings. The molecular weight excluding hydrogens is 130 g/mol. The van der Waals surface area contributed by atoms with E-state index in [4.69, 9.17) is 0 Å². The van der Waals surface area contributed by atoms with Crippen molar-refractivity contribution in [3.05, 3.63) is 0 Å². The normalized spacial score (nSPS) is 25.6. The van der Waals surface area contributed by atoms with Crippen LogP contribution in [-0.2, 0) is 9.59 Å². The molecule has 1 fully saturated rings. The Morgan fingerprint density at radius 3 is 3.10 bits per heavy atom. The third-order valence-electron chi connectivity index (χ3n) is 1.65. The maximum Gasteiger partial charge on any atom is 0.220 e. The van der Waals surface area contributed by atoms with Gasteiger partial charge in [-0.2, -0.15) is 0 Å². The van der Waals surface area contributed by atoms with Crippen LogP contribution in [0.15, 0.2) is 0 Å². The Labute approximate surface area is 59.8 Å². The molecule has 3 nitrogen and oxygen atoms in total. The molecule has 1 rings (SSSR count). The second kappa shape index (κ2) is 3.34. The maximum absolute atomic E-state index is 10.7. The molecule has 0 spiro atoms. The van der Waals surface area contributed by atoms with Gasteiger partial charge in [-0.05, 0) is 12.8 Å². The minimum atomic E-state index is 0.0544. The molecule has 1 atom stereocenters. The number of piperidine rings is 1. The highest BCUT2D eigenvalue weighted by molar-refractivity contribution is 5.77. The van der Waals surface area contributed by atoms with E-state index in [2.05, 4.69) is 5.32 Å². The van der Waals surface area contributed by atoms with Crippen LogP contribution in [0.1, 0.15) is 25.7 Å². The van der Waals surface area contributed by atoms with Crippen LogP contribution in [0.25, 0.3) is 0 Å². The van der Waals surface area contributed by atoms with Gasteiger partial charge in [0.05, 0.1) is 0 Å². The lowest BCUT2D eigenvalue weighted by atomic mass is 10.0. The fraction of sp³-hybridized carbons (Fsp3) is 0.714. The minimum absolute atomic E-state index is 0.0544. The molecule has 1 heterocycles. The molecule has 0 aromatic carbocycles. The lowest BCUT2D eigenvalue weighted by Gasteiger charge is -2.20. The zero-order valence-electron chi connectivity index (χ0n) is 5.72. The topological polar surface area (TPSA) is 46.2 Å². The Morgan fingerprint density at radius 2 is 2.50 bits per heavy atom. The Morgan fingerprint density at radius 1 is 1.70 bits per heavy atom. The van der Waals surface area contributed by atoms with E-state index in [1.54, 1.807) is 6.29 Å². The van der Waals surface area contributed by atoms with E-state index in [-0.39, 0.29) is 11.9 Å². The highest BCUT2D eigenvalue weighted by atomic mass is 16.1. The summed E-state index contributed by atoms with van der Waals surface area (Å²) in [5.74, 6) is 0.0616. The summed E-state index contributed by atoms with van der Waals surface area (Å²) in [4.78, 5) is 20.6. The Bertz CT molecular complexity index is 145. The molecule has 0 unspecified atom stereocenters. The predicted octanol–water partition coefficient (Wildman–Crippen LogP) is 0.155. The molecule has 0 bridgehead atoms. The van der Waals surface area contributed by atoms with Crippen molar-refractivity contribution in [1.82, 2.24) is 5.32 Å². The van der Waals surface area contributed by atoms with Gasteiger partial charge in [0.25, 0.3) is 0 Å². The van der Waals surface area contributed by atoms with E-state index in [1.165, 1.54) is 0 Å². The summed E-state index contributed by atoms with van der Waals surface area (Å²) < 4.78 is 0. The number of hydrogen-bond donors (Lipinski definition) is 1. The van der Waals surface area contributed by atoms with Gasteiger partial charge >= 0.3 is 0 Å². The standard InChI is InChI=1S/C7H10NO2/c9-5-4-6-2-1-3-7(10)8-6/h6H,1-4H2,(H,8,10)/t6-/m1/s1. The molecule has 55 valence electrons.